The highest BCUT2D eigenvalue weighted by Crippen LogP contribution is 2.43. The van der Waals surface area contributed by atoms with E-state index in [9.17, 15) is 9.59 Å². The van der Waals surface area contributed by atoms with Crippen LogP contribution in [0.4, 0.5) is 10.5 Å². The summed E-state index contributed by atoms with van der Waals surface area (Å²) < 4.78 is 0.806. The minimum absolute atomic E-state index is 0.137. The average molecular weight is 412 g/mol. The summed E-state index contributed by atoms with van der Waals surface area (Å²) in [5.74, 6) is -0.0778. The van der Waals surface area contributed by atoms with Crippen LogP contribution in [0, 0.1) is 5.92 Å². The number of imide groups is 1. The van der Waals surface area contributed by atoms with E-state index in [2.05, 4.69) is 16.4 Å². The number of benzene rings is 1. The number of hydrogen-bond donors (Lipinski definition) is 1. The lowest BCUT2D eigenvalue weighted by Gasteiger charge is -2.42. The molecule has 1 saturated carbocycles. The number of nitrogens with one attached hydrogen (secondary N) is 1. The van der Waals surface area contributed by atoms with Crippen LogP contribution in [0.1, 0.15) is 30.7 Å². The number of fused-ring (bicyclic) bond motifs is 2. The molecule has 3 amide bonds. The van der Waals surface area contributed by atoms with E-state index in [-0.39, 0.29) is 29.8 Å². The maximum Gasteiger partial charge on any atom is 0.329 e. The van der Waals surface area contributed by atoms with Crippen molar-refractivity contribution in [2.45, 2.75) is 31.2 Å². The van der Waals surface area contributed by atoms with Gasteiger partial charge < -0.3 is 5.32 Å². The molecule has 1 aromatic carbocycles. The molecule has 3 aromatic rings. The molecule has 3 heterocycles. The van der Waals surface area contributed by atoms with E-state index >= 15 is 0 Å². The molecule has 28 heavy (non-hydrogen) atoms. The van der Waals surface area contributed by atoms with Gasteiger partial charge in [0.1, 0.15) is 0 Å². The van der Waals surface area contributed by atoms with Crippen molar-refractivity contribution in [1.82, 2.24) is 10.3 Å². The number of carbonyl (C=O) groups is 2. The quantitative estimate of drug-likeness (QED) is 0.648. The zero-order valence-electron chi connectivity index (χ0n) is 15.0. The van der Waals surface area contributed by atoms with Crippen molar-refractivity contribution in [3.63, 3.8) is 0 Å². The number of hydrogen-bond acceptors (Lipinski definition) is 4. The predicted molar refractivity (Wildman–Crippen MR) is 111 cm³/mol. The molecule has 7 heteroatoms. The van der Waals surface area contributed by atoms with Crippen LogP contribution in [0.5, 0.6) is 0 Å². The third kappa shape index (κ3) is 2.79. The summed E-state index contributed by atoms with van der Waals surface area (Å²) >= 11 is 7.84. The summed E-state index contributed by atoms with van der Waals surface area (Å²) in [6, 6.07) is 9.18. The first kappa shape index (κ1) is 17.6. The zero-order chi connectivity index (χ0) is 19.3. The second-order valence-electron chi connectivity index (χ2n) is 7.38. The summed E-state index contributed by atoms with van der Waals surface area (Å²) in [7, 11) is 0. The predicted octanol–water partition coefficient (Wildman–Crippen LogP) is 4.96. The molecular formula is C21H18ClN3O2S. The second-order valence-corrected chi connectivity index (χ2v) is 8.89. The van der Waals surface area contributed by atoms with Crippen LogP contribution in [0.15, 0.2) is 48.1 Å². The highest BCUT2D eigenvalue weighted by molar-refractivity contribution is 7.14. The Kier molecular flexibility index (Phi) is 4.33. The Bertz CT molecular complexity index is 1080. The number of halogens is 1. The number of amides is 3. The Morgan fingerprint density at radius 3 is 2.82 bits per heavy atom. The van der Waals surface area contributed by atoms with Crippen molar-refractivity contribution >= 4 is 51.3 Å². The highest BCUT2D eigenvalue weighted by Gasteiger charge is 2.45. The van der Waals surface area contributed by atoms with Crippen LogP contribution in [0.25, 0.3) is 10.8 Å². The molecule has 5 nitrogen and oxygen atoms in total. The standard InChI is InChI=1S/C21H18ClN3O2S/c22-19-15(7-8-28-19)12-5-6-16-17(9-12)24-21(27)25(20(16)26)18-11-23-10-13-3-1-2-4-14(13)18/h1-4,7-8,10-12,16-17H,5-6,9H2,(H,24,27). The number of pyridine rings is 1. The highest BCUT2D eigenvalue weighted by atomic mass is 35.5. The van der Waals surface area contributed by atoms with E-state index in [1.54, 1.807) is 12.4 Å². The van der Waals surface area contributed by atoms with E-state index in [1.165, 1.54) is 16.2 Å². The fraction of sp³-hybridized carbons (Fsp3) is 0.286. The van der Waals surface area contributed by atoms with Crippen LogP contribution >= 0.6 is 22.9 Å². The molecule has 3 atom stereocenters. The fourth-order valence-corrected chi connectivity index (χ4v) is 5.58. The maximum absolute atomic E-state index is 13.3. The lowest BCUT2D eigenvalue weighted by molar-refractivity contribution is -0.124. The molecule has 2 aliphatic rings. The van der Waals surface area contributed by atoms with Crippen LogP contribution < -0.4 is 10.2 Å². The number of rotatable bonds is 2. The van der Waals surface area contributed by atoms with Crippen molar-refractivity contribution in [1.29, 1.82) is 0 Å². The molecule has 0 bridgehead atoms. The zero-order valence-corrected chi connectivity index (χ0v) is 16.5. The Labute approximate surface area is 171 Å². The Hall–Kier alpha value is -2.44. The summed E-state index contributed by atoms with van der Waals surface area (Å²) in [5, 5.41) is 6.81. The van der Waals surface area contributed by atoms with Gasteiger partial charge in [-0.2, -0.15) is 0 Å². The van der Waals surface area contributed by atoms with Gasteiger partial charge in [0.05, 0.1) is 22.1 Å². The Morgan fingerprint density at radius 1 is 1.14 bits per heavy atom. The van der Waals surface area contributed by atoms with Gasteiger partial charge in [-0.05, 0) is 42.2 Å². The van der Waals surface area contributed by atoms with Gasteiger partial charge in [-0.25, -0.2) is 9.69 Å². The molecule has 5 rings (SSSR count). The van der Waals surface area contributed by atoms with Gasteiger partial charge in [-0.15, -0.1) is 11.3 Å². The SMILES string of the molecule is O=C1NC2CC(c3ccsc3Cl)CCC2C(=O)N1c1cncc2ccccc12. The smallest absolute Gasteiger partial charge is 0.329 e. The van der Waals surface area contributed by atoms with E-state index in [1.807, 2.05) is 29.6 Å². The first-order valence-electron chi connectivity index (χ1n) is 9.33. The summed E-state index contributed by atoms with van der Waals surface area (Å²) in [6.07, 6.45) is 5.69. The number of aromatic nitrogens is 1. The largest absolute Gasteiger partial charge is 0.334 e. The fourth-order valence-electron chi connectivity index (χ4n) is 4.50. The number of urea groups is 1. The molecule has 1 saturated heterocycles. The van der Waals surface area contributed by atoms with E-state index in [0.717, 1.165) is 39.9 Å². The van der Waals surface area contributed by atoms with Crippen LogP contribution in [0.2, 0.25) is 4.34 Å². The van der Waals surface area contributed by atoms with Crippen molar-refractivity contribution < 1.29 is 9.59 Å². The molecule has 0 radical (unpaired) electrons. The minimum Gasteiger partial charge on any atom is -0.334 e. The molecular weight excluding hydrogens is 394 g/mol. The second kappa shape index (κ2) is 6.87. The first-order chi connectivity index (χ1) is 13.6. The van der Waals surface area contributed by atoms with Crippen LogP contribution in [-0.4, -0.2) is 23.0 Å². The van der Waals surface area contributed by atoms with Gasteiger partial charge in [-0.1, -0.05) is 35.9 Å². The third-order valence-corrected chi connectivity index (χ3v) is 7.07. The normalized spacial score (nSPS) is 24.9. The molecule has 2 aromatic heterocycles. The van der Waals surface area contributed by atoms with E-state index < -0.39 is 0 Å². The van der Waals surface area contributed by atoms with Crippen LogP contribution in [0.3, 0.4) is 0 Å². The molecule has 1 aliphatic carbocycles. The summed E-state index contributed by atoms with van der Waals surface area (Å²) in [5.41, 5.74) is 1.68. The van der Waals surface area contributed by atoms with E-state index in [0.29, 0.717) is 5.69 Å². The summed E-state index contributed by atoms with van der Waals surface area (Å²) in [4.78, 5) is 31.7. The number of anilines is 1. The molecule has 0 spiro atoms. The molecule has 1 aliphatic heterocycles. The summed E-state index contributed by atoms with van der Waals surface area (Å²) in [6.45, 7) is 0. The number of carbonyl (C=O) groups excluding carboxylic acids is 2. The van der Waals surface area contributed by atoms with Gasteiger partial charge in [0, 0.05) is 23.0 Å². The van der Waals surface area contributed by atoms with Gasteiger partial charge in [0.25, 0.3) is 0 Å². The maximum atomic E-state index is 13.3. The monoisotopic (exact) mass is 411 g/mol. The molecule has 2 fully saturated rings. The van der Waals surface area contributed by atoms with Gasteiger partial charge >= 0.3 is 6.03 Å². The lowest BCUT2D eigenvalue weighted by Crippen LogP contribution is -2.61. The minimum atomic E-state index is -0.374. The van der Waals surface area contributed by atoms with Gasteiger partial charge in [0.2, 0.25) is 5.91 Å². The molecule has 3 unspecified atom stereocenters. The number of nitrogens with zero attached hydrogens (tertiary/aromatic N) is 2. The third-order valence-electron chi connectivity index (χ3n) is 5.87. The van der Waals surface area contributed by atoms with Crippen molar-refractivity contribution in [3.8, 4) is 0 Å². The average Bonchev–Trinajstić information content (AvgIpc) is 3.13. The van der Waals surface area contributed by atoms with Crippen molar-refractivity contribution in [2.75, 3.05) is 4.90 Å². The van der Waals surface area contributed by atoms with Gasteiger partial charge in [-0.3, -0.25) is 9.78 Å². The molecule has 142 valence electrons. The van der Waals surface area contributed by atoms with Gasteiger partial charge in [0.15, 0.2) is 0 Å². The first-order valence-corrected chi connectivity index (χ1v) is 10.6. The topological polar surface area (TPSA) is 62.3 Å². The van der Waals surface area contributed by atoms with Crippen molar-refractivity contribution in [2.24, 2.45) is 5.92 Å². The lowest BCUT2D eigenvalue weighted by atomic mass is 9.74. The molecule has 1 N–H and O–H groups in total. The number of thiophene rings is 1. The van der Waals surface area contributed by atoms with Crippen LogP contribution in [-0.2, 0) is 4.79 Å². The van der Waals surface area contributed by atoms with E-state index in [4.69, 9.17) is 11.6 Å². The van der Waals surface area contributed by atoms with Crippen molar-refractivity contribution in [3.05, 3.63) is 58.0 Å². The Balaban J connectivity index is 1.45. The Morgan fingerprint density at radius 2 is 2.00 bits per heavy atom.